The summed E-state index contributed by atoms with van der Waals surface area (Å²) in [4.78, 5) is 13.6. The second kappa shape index (κ2) is 8.17. The van der Waals surface area contributed by atoms with Crippen molar-refractivity contribution in [2.45, 2.75) is 17.4 Å². The molecular formula is C17H21N3O4S2. The van der Waals surface area contributed by atoms with Gasteiger partial charge in [-0.05, 0) is 53.1 Å². The maximum atomic E-state index is 12.6. The Bertz CT molecular complexity index is 831. The van der Waals surface area contributed by atoms with E-state index in [1.165, 1.54) is 31.4 Å². The van der Waals surface area contributed by atoms with Crippen LogP contribution in [0.25, 0.3) is 0 Å². The summed E-state index contributed by atoms with van der Waals surface area (Å²) in [5.74, 6) is 0. The van der Waals surface area contributed by atoms with E-state index in [0.29, 0.717) is 12.2 Å². The average Bonchev–Trinajstić information content (AvgIpc) is 3.11. The van der Waals surface area contributed by atoms with Gasteiger partial charge in [0, 0.05) is 31.4 Å². The molecule has 1 amide bonds. The number of methoxy groups -OCH3 is 1. The van der Waals surface area contributed by atoms with Crippen LogP contribution >= 0.6 is 11.3 Å². The van der Waals surface area contributed by atoms with Crippen molar-refractivity contribution in [1.82, 2.24) is 9.62 Å². The van der Waals surface area contributed by atoms with Crippen LogP contribution in [-0.4, -0.2) is 46.2 Å². The summed E-state index contributed by atoms with van der Waals surface area (Å²) >= 11 is 1.61. The van der Waals surface area contributed by atoms with Crippen LogP contribution in [0.5, 0.6) is 0 Å². The summed E-state index contributed by atoms with van der Waals surface area (Å²) in [5.41, 5.74) is 1.60. The Hall–Kier alpha value is -1.94. The van der Waals surface area contributed by atoms with E-state index in [1.807, 2.05) is 11.4 Å². The van der Waals surface area contributed by atoms with Gasteiger partial charge in [0.1, 0.15) is 0 Å². The SMILES string of the molecule is COC(=O)Nc1ccc(S(=O)(=O)NC[C@H](c2ccsc2)N2CCC2)cc1. The van der Waals surface area contributed by atoms with E-state index < -0.39 is 16.1 Å². The van der Waals surface area contributed by atoms with Crippen LogP contribution in [-0.2, 0) is 14.8 Å². The lowest BCUT2D eigenvalue weighted by Crippen LogP contribution is -2.44. The zero-order valence-corrected chi connectivity index (χ0v) is 16.0. The van der Waals surface area contributed by atoms with Crippen LogP contribution in [0.4, 0.5) is 10.5 Å². The zero-order chi connectivity index (χ0) is 18.6. The molecule has 1 atom stereocenters. The minimum Gasteiger partial charge on any atom is -0.453 e. The number of nitrogens with one attached hydrogen (secondary N) is 2. The summed E-state index contributed by atoms with van der Waals surface area (Å²) in [7, 11) is -2.37. The fourth-order valence-corrected chi connectivity index (χ4v) is 4.48. The molecule has 0 saturated carbocycles. The molecule has 9 heteroatoms. The van der Waals surface area contributed by atoms with Gasteiger partial charge in [-0.25, -0.2) is 17.9 Å². The highest BCUT2D eigenvalue weighted by molar-refractivity contribution is 7.89. The molecule has 7 nitrogen and oxygen atoms in total. The second-order valence-corrected chi connectivity index (χ2v) is 8.50. The summed E-state index contributed by atoms with van der Waals surface area (Å²) in [6.07, 6.45) is 0.536. The van der Waals surface area contributed by atoms with Gasteiger partial charge in [0.25, 0.3) is 0 Å². The maximum absolute atomic E-state index is 12.6. The van der Waals surface area contributed by atoms with Crippen molar-refractivity contribution in [3.05, 3.63) is 46.7 Å². The largest absolute Gasteiger partial charge is 0.453 e. The van der Waals surface area contributed by atoms with Crippen LogP contribution in [0.3, 0.4) is 0 Å². The number of thiophene rings is 1. The van der Waals surface area contributed by atoms with Crippen LogP contribution in [0.2, 0.25) is 0 Å². The summed E-state index contributed by atoms with van der Waals surface area (Å²) < 4.78 is 32.4. The molecule has 1 aliphatic rings. The van der Waals surface area contributed by atoms with E-state index in [2.05, 4.69) is 25.1 Å². The number of carbonyl (C=O) groups is 1. The Morgan fingerprint density at radius 1 is 1.27 bits per heavy atom. The van der Waals surface area contributed by atoms with E-state index in [-0.39, 0.29) is 10.9 Å². The molecule has 1 aliphatic heterocycles. The van der Waals surface area contributed by atoms with E-state index in [4.69, 9.17) is 0 Å². The molecule has 1 saturated heterocycles. The first-order chi connectivity index (χ1) is 12.5. The normalized spacial score (nSPS) is 15.9. The predicted octanol–water partition coefficient (Wildman–Crippen LogP) is 2.65. The fourth-order valence-electron chi connectivity index (χ4n) is 2.73. The summed E-state index contributed by atoms with van der Waals surface area (Å²) in [6.45, 7) is 2.29. The fraction of sp³-hybridized carbons (Fsp3) is 0.353. The highest BCUT2D eigenvalue weighted by Gasteiger charge is 2.27. The van der Waals surface area contributed by atoms with Gasteiger partial charge in [-0.3, -0.25) is 10.2 Å². The number of rotatable bonds is 7. The van der Waals surface area contributed by atoms with E-state index in [9.17, 15) is 13.2 Å². The molecule has 0 spiro atoms. The number of benzene rings is 1. The van der Waals surface area contributed by atoms with Gasteiger partial charge in [0.05, 0.1) is 12.0 Å². The van der Waals surface area contributed by atoms with E-state index in [0.717, 1.165) is 25.1 Å². The Kier molecular flexibility index (Phi) is 5.92. The monoisotopic (exact) mass is 395 g/mol. The first kappa shape index (κ1) is 18.8. The van der Waals surface area contributed by atoms with Crippen molar-refractivity contribution in [1.29, 1.82) is 0 Å². The van der Waals surface area contributed by atoms with Crippen molar-refractivity contribution in [2.75, 3.05) is 32.1 Å². The molecule has 1 fully saturated rings. The number of hydrogen-bond acceptors (Lipinski definition) is 6. The minimum absolute atomic E-state index is 0.0463. The van der Waals surface area contributed by atoms with E-state index >= 15 is 0 Å². The Balaban J connectivity index is 1.67. The number of anilines is 1. The molecule has 1 aromatic carbocycles. The van der Waals surface area contributed by atoms with Gasteiger partial charge in [-0.1, -0.05) is 0 Å². The first-order valence-corrected chi connectivity index (χ1v) is 10.6. The molecule has 3 rings (SSSR count). The Labute approximate surface area is 157 Å². The van der Waals surface area contributed by atoms with Gasteiger partial charge in [-0.15, -0.1) is 0 Å². The number of carbonyl (C=O) groups excluding carboxylic acids is 1. The Morgan fingerprint density at radius 2 is 2.00 bits per heavy atom. The molecule has 0 unspecified atom stereocenters. The first-order valence-electron chi connectivity index (χ1n) is 8.20. The average molecular weight is 396 g/mol. The molecule has 0 radical (unpaired) electrons. The number of sulfonamides is 1. The number of nitrogens with zero attached hydrogens (tertiary/aromatic N) is 1. The van der Waals surface area contributed by atoms with Crippen molar-refractivity contribution in [3.8, 4) is 0 Å². The lowest BCUT2D eigenvalue weighted by molar-refractivity contribution is 0.120. The van der Waals surface area contributed by atoms with Crippen molar-refractivity contribution in [3.63, 3.8) is 0 Å². The molecule has 2 N–H and O–H groups in total. The number of ether oxygens (including phenoxy) is 1. The molecular weight excluding hydrogens is 374 g/mol. The quantitative estimate of drug-likeness (QED) is 0.753. The van der Waals surface area contributed by atoms with E-state index in [1.54, 1.807) is 11.3 Å². The molecule has 1 aromatic heterocycles. The highest BCUT2D eigenvalue weighted by Crippen LogP contribution is 2.27. The molecule has 0 aliphatic carbocycles. The van der Waals surface area contributed by atoms with Crippen molar-refractivity contribution in [2.24, 2.45) is 0 Å². The molecule has 140 valence electrons. The lowest BCUT2D eigenvalue weighted by atomic mass is 10.1. The smallest absolute Gasteiger partial charge is 0.411 e. The lowest BCUT2D eigenvalue weighted by Gasteiger charge is -2.38. The zero-order valence-electron chi connectivity index (χ0n) is 14.3. The van der Waals surface area contributed by atoms with Gasteiger partial charge in [0.2, 0.25) is 10.0 Å². The van der Waals surface area contributed by atoms with Crippen LogP contribution in [0, 0.1) is 0 Å². The minimum atomic E-state index is -3.63. The van der Waals surface area contributed by atoms with Gasteiger partial charge >= 0.3 is 6.09 Å². The topological polar surface area (TPSA) is 87.7 Å². The van der Waals surface area contributed by atoms with Crippen LogP contribution < -0.4 is 10.0 Å². The van der Waals surface area contributed by atoms with Crippen molar-refractivity contribution >= 4 is 33.1 Å². The van der Waals surface area contributed by atoms with Gasteiger partial charge < -0.3 is 4.74 Å². The highest BCUT2D eigenvalue weighted by atomic mass is 32.2. The van der Waals surface area contributed by atoms with Crippen LogP contribution in [0.15, 0.2) is 46.0 Å². The molecule has 2 heterocycles. The molecule has 0 bridgehead atoms. The second-order valence-electron chi connectivity index (χ2n) is 5.95. The van der Waals surface area contributed by atoms with Crippen LogP contribution in [0.1, 0.15) is 18.0 Å². The Morgan fingerprint density at radius 3 is 2.54 bits per heavy atom. The third-order valence-corrected chi connectivity index (χ3v) is 6.46. The summed E-state index contributed by atoms with van der Waals surface area (Å²) in [5, 5.41) is 6.55. The standard InChI is InChI=1S/C17H21N3O4S2/c1-24-17(21)19-14-3-5-15(6-4-14)26(22,23)18-11-16(20-8-2-9-20)13-7-10-25-12-13/h3-7,10,12,16,18H,2,8-9,11H2,1H3,(H,19,21)/t16-/m1/s1. The molecule has 26 heavy (non-hydrogen) atoms. The number of amides is 1. The third kappa shape index (κ3) is 4.42. The van der Waals surface area contributed by atoms with Gasteiger partial charge in [-0.2, -0.15) is 11.3 Å². The number of likely N-dealkylation sites (tertiary alicyclic amines) is 1. The van der Waals surface area contributed by atoms with Gasteiger partial charge in [0.15, 0.2) is 0 Å². The molecule has 2 aromatic rings. The summed E-state index contributed by atoms with van der Waals surface area (Å²) in [6, 6.07) is 8.04. The maximum Gasteiger partial charge on any atom is 0.411 e. The third-order valence-electron chi connectivity index (χ3n) is 4.32. The van der Waals surface area contributed by atoms with Crippen molar-refractivity contribution < 1.29 is 17.9 Å². The number of hydrogen-bond donors (Lipinski definition) is 2. The predicted molar refractivity (Wildman–Crippen MR) is 101 cm³/mol.